The van der Waals surface area contributed by atoms with E-state index in [2.05, 4.69) is 5.32 Å². The van der Waals surface area contributed by atoms with Crippen LogP contribution >= 0.6 is 0 Å². The molecule has 0 aromatic heterocycles. The fraction of sp³-hybridized carbons (Fsp3) is 0.158. The number of ether oxygens (including phenoxy) is 3. The van der Waals surface area contributed by atoms with Crippen molar-refractivity contribution in [2.75, 3.05) is 26.1 Å². The molecule has 1 amide bonds. The lowest BCUT2D eigenvalue weighted by Gasteiger charge is -2.12. The first-order chi connectivity index (χ1) is 12.5. The second kappa shape index (κ2) is 9.12. The summed E-state index contributed by atoms with van der Waals surface area (Å²) in [6, 6.07) is 11.9. The molecule has 0 unspecified atom stereocenters. The molecule has 26 heavy (non-hydrogen) atoms. The van der Waals surface area contributed by atoms with Crippen LogP contribution in [0, 0.1) is 0 Å². The lowest BCUT2D eigenvalue weighted by atomic mass is 10.2. The molecule has 136 valence electrons. The Morgan fingerprint density at radius 1 is 1.04 bits per heavy atom. The summed E-state index contributed by atoms with van der Waals surface area (Å²) in [6.07, 6.45) is 2.46. The number of hydrogen-bond donors (Lipinski definition) is 2. The minimum absolute atomic E-state index is 0.223. The molecule has 0 aliphatic carbocycles. The Balaban J connectivity index is 2.02. The molecule has 7 heteroatoms. The number of amides is 1. The minimum Gasteiger partial charge on any atom is -0.495 e. The summed E-state index contributed by atoms with van der Waals surface area (Å²) in [6.45, 7) is -0.223. The number of nitrogens with one attached hydrogen (secondary N) is 1. The molecule has 2 N–H and O–H groups in total. The van der Waals surface area contributed by atoms with Gasteiger partial charge >= 0.3 is 5.97 Å². The number of carbonyl (C=O) groups excluding carboxylic acids is 1. The lowest BCUT2D eigenvalue weighted by Crippen LogP contribution is -2.20. The van der Waals surface area contributed by atoms with Crippen molar-refractivity contribution < 1.29 is 28.9 Å². The lowest BCUT2D eigenvalue weighted by molar-refractivity contribution is -0.131. The Bertz CT molecular complexity index is 815. The normalized spacial score (nSPS) is 10.4. The first kappa shape index (κ1) is 18.9. The largest absolute Gasteiger partial charge is 0.495 e. The standard InChI is InChI=1S/C19H19NO6/c1-24-15-6-4-3-5-14(15)20-18(21)12-26-16-9-7-13(8-10-19(22)23)11-17(16)25-2/h3-11H,12H2,1-2H3,(H,20,21)(H,22,23)/b10-8+. The number of rotatable bonds is 8. The van der Waals surface area contributed by atoms with Gasteiger partial charge in [-0.15, -0.1) is 0 Å². The highest BCUT2D eigenvalue weighted by Gasteiger charge is 2.10. The molecule has 0 saturated carbocycles. The molecule has 7 nitrogen and oxygen atoms in total. The number of methoxy groups -OCH3 is 2. The maximum Gasteiger partial charge on any atom is 0.328 e. The molecule has 2 rings (SSSR count). The van der Waals surface area contributed by atoms with E-state index >= 15 is 0 Å². The van der Waals surface area contributed by atoms with Gasteiger partial charge in [-0.1, -0.05) is 18.2 Å². The Morgan fingerprint density at radius 3 is 2.46 bits per heavy atom. The Morgan fingerprint density at radius 2 is 1.77 bits per heavy atom. The number of anilines is 1. The molecular weight excluding hydrogens is 338 g/mol. The number of carboxylic acids is 1. The maximum absolute atomic E-state index is 12.1. The Labute approximate surface area is 150 Å². The van der Waals surface area contributed by atoms with E-state index in [-0.39, 0.29) is 12.5 Å². The van der Waals surface area contributed by atoms with E-state index in [1.54, 1.807) is 42.5 Å². The quantitative estimate of drug-likeness (QED) is 0.706. The van der Waals surface area contributed by atoms with Crippen LogP contribution in [0.5, 0.6) is 17.2 Å². The molecule has 0 atom stereocenters. The molecule has 0 saturated heterocycles. The summed E-state index contributed by atoms with van der Waals surface area (Å²) >= 11 is 0. The average Bonchev–Trinajstić information content (AvgIpc) is 2.65. The van der Waals surface area contributed by atoms with Gasteiger partial charge in [-0.05, 0) is 35.9 Å². The third-order valence-corrected chi connectivity index (χ3v) is 3.35. The molecule has 2 aromatic rings. The molecule has 2 aromatic carbocycles. The van der Waals surface area contributed by atoms with Crippen molar-refractivity contribution in [1.82, 2.24) is 0 Å². The molecular formula is C19H19NO6. The number of aliphatic carboxylic acids is 1. The summed E-state index contributed by atoms with van der Waals surface area (Å²) < 4.78 is 15.9. The minimum atomic E-state index is -1.04. The highest BCUT2D eigenvalue weighted by atomic mass is 16.5. The number of benzene rings is 2. The number of carbonyl (C=O) groups is 2. The van der Waals surface area contributed by atoms with E-state index in [1.807, 2.05) is 0 Å². The van der Waals surface area contributed by atoms with Gasteiger partial charge in [-0.25, -0.2) is 4.79 Å². The van der Waals surface area contributed by atoms with Crippen LogP contribution < -0.4 is 19.5 Å². The van der Waals surface area contributed by atoms with E-state index in [0.717, 1.165) is 6.08 Å². The summed E-state index contributed by atoms with van der Waals surface area (Å²) in [5.74, 6) is -0.0884. The van der Waals surface area contributed by atoms with Crippen molar-refractivity contribution in [2.45, 2.75) is 0 Å². The van der Waals surface area contributed by atoms with Crippen molar-refractivity contribution >= 4 is 23.6 Å². The SMILES string of the molecule is COc1ccccc1NC(=O)COc1ccc(/C=C/C(=O)O)cc1OC. The van der Waals surface area contributed by atoms with Crippen LogP contribution in [-0.2, 0) is 9.59 Å². The monoisotopic (exact) mass is 357 g/mol. The summed E-state index contributed by atoms with van der Waals surface area (Å²) in [5, 5.41) is 11.4. The van der Waals surface area contributed by atoms with Gasteiger partial charge in [0.25, 0.3) is 5.91 Å². The van der Waals surface area contributed by atoms with Gasteiger partial charge in [-0.3, -0.25) is 4.79 Å². The smallest absolute Gasteiger partial charge is 0.328 e. The number of para-hydroxylation sites is 2. The van der Waals surface area contributed by atoms with Gasteiger partial charge in [0.15, 0.2) is 18.1 Å². The third kappa shape index (κ3) is 5.27. The Hall–Kier alpha value is -3.48. The molecule has 0 aliphatic heterocycles. The van der Waals surface area contributed by atoms with Crippen LogP contribution in [0.2, 0.25) is 0 Å². The highest BCUT2D eigenvalue weighted by Crippen LogP contribution is 2.29. The van der Waals surface area contributed by atoms with Gasteiger partial charge in [0.05, 0.1) is 19.9 Å². The second-order valence-electron chi connectivity index (χ2n) is 5.12. The summed E-state index contributed by atoms with van der Waals surface area (Å²) in [4.78, 5) is 22.7. The molecule has 0 radical (unpaired) electrons. The Kier molecular flexibility index (Phi) is 6.61. The highest BCUT2D eigenvalue weighted by molar-refractivity contribution is 5.93. The van der Waals surface area contributed by atoms with E-state index < -0.39 is 5.97 Å². The van der Waals surface area contributed by atoms with Crippen LogP contribution in [0.25, 0.3) is 6.08 Å². The van der Waals surface area contributed by atoms with E-state index in [9.17, 15) is 9.59 Å². The molecule has 0 heterocycles. The van der Waals surface area contributed by atoms with Crippen LogP contribution in [0.1, 0.15) is 5.56 Å². The van der Waals surface area contributed by atoms with E-state index in [0.29, 0.717) is 28.5 Å². The number of hydrogen-bond acceptors (Lipinski definition) is 5. The van der Waals surface area contributed by atoms with Gasteiger partial charge in [0.1, 0.15) is 5.75 Å². The van der Waals surface area contributed by atoms with Crippen LogP contribution in [-0.4, -0.2) is 37.8 Å². The predicted molar refractivity (Wildman–Crippen MR) is 96.8 cm³/mol. The molecule has 0 aliphatic rings. The van der Waals surface area contributed by atoms with Gasteiger partial charge in [-0.2, -0.15) is 0 Å². The van der Waals surface area contributed by atoms with Crippen LogP contribution in [0.15, 0.2) is 48.5 Å². The first-order valence-electron chi connectivity index (χ1n) is 7.68. The maximum atomic E-state index is 12.1. The topological polar surface area (TPSA) is 94.1 Å². The van der Waals surface area contributed by atoms with Crippen molar-refractivity contribution in [3.8, 4) is 17.2 Å². The second-order valence-corrected chi connectivity index (χ2v) is 5.12. The van der Waals surface area contributed by atoms with Gasteiger partial charge in [0.2, 0.25) is 0 Å². The summed E-state index contributed by atoms with van der Waals surface area (Å²) in [7, 11) is 2.98. The van der Waals surface area contributed by atoms with Crippen molar-refractivity contribution in [2.24, 2.45) is 0 Å². The zero-order chi connectivity index (χ0) is 18.9. The van der Waals surface area contributed by atoms with E-state index in [4.69, 9.17) is 19.3 Å². The van der Waals surface area contributed by atoms with Gasteiger partial charge < -0.3 is 24.6 Å². The molecule has 0 fully saturated rings. The van der Waals surface area contributed by atoms with E-state index in [1.165, 1.54) is 20.3 Å². The van der Waals surface area contributed by atoms with Crippen molar-refractivity contribution in [1.29, 1.82) is 0 Å². The fourth-order valence-corrected chi connectivity index (χ4v) is 2.15. The zero-order valence-electron chi connectivity index (χ0n) is 14.4. The molecule has 0 bridgehead atoms. The van der Waals surface area contributed by atoms with Crippen LogP contribution in [0.4, 0.5) is 5.69 Å². The average molecular weight is 357 g/mol. The third-order valence-electron chi connectivity index (χ3n) is 3.35. The van der Waals surface area contributed by atoms with Crippen LogP contribution in [0.3, 0.4) is 0 Å². The van der Waals surface area contributed by atoms with Crippen molar-refractivity contribution in [3.63, 3.8) is 0 Å². The van der Waals surface area contributed by atoms with Gasteiger partial charge in [0, 0.05) is 6.08 Å². The fourth-order valence-electron chi connectivity index (χ4n) is 2.15. The zero-order valence-corrected chi connectivity index (χ0v) is 14.4. The first-order valence-corrected chi connectivity index (χ1v) is 7.68. The predicted octanol–water partition coefficient (Wildman–Crippen LogP) is 2.82. The van der Waals surface area contributed by atoms with Crippen molar-refractivity contribution in [3.05, 3.63) is 54.1 Å². The number of carboxylic acid groups (broad SMARTS) is 1. The summed E-state index contributed by atoms with van der Waals surface area (Å²) in [5.41, 5.74) is 1.18. The molecule has 0 spiro atoms.